The lowest BCUT2D eigenvalue weighted by molar-refractivity contribution is -0.0953. The maximum Gasteiger partial charge on any atom is 0.330 e. The van der Waals surface area contributed by atoms with Crippen LogP contribution in [0, 0.1) is 0 Å². The van der Waals surface area contributed by atoms with Gasteiger partial charge in [-0.1, -0.05) is 0 Å². The van der Waals surface area contributed by atoms with Gasteiger partial charge in [0.25, 0.3) is 5.56 Å². The van der Waals surface area contributed by atoms with Crippen molar-refractivity contribution in [1.29, 1.82) is 0 Å². The molecule has 3 unspecified atom stereocenters. The fourth-order valence-corrected chi connectivity index (χ4v) is 4.51. The van der Waals surface area contributed by atoms with E-state index in [9.17, 15) is 19.9 Å². The molecule has 0 aliphatic carbocycles. The highest BCUT2D eigenvalue weighted by molar-refractivity contribution is 9.10. The van der Waals surface area contributed by atoms with Gasteiger partial charge in [-0.25, -0.2) is 4.98 Å². The number of hydrogen-bond acceptors (Lipinski definition) is 11. The molecule has 2 aromatic heterocycles. The van der Waals surface area contributed by atoms with E-state index in [4.69, 9.17) is 25.3 Å². The van der Waals surface area contributed by atoms with Gasteiger partial charge in [-0.3, -0.25) is 9.36 Å². The average molecular weight is 525 g/mol. The molecule has 1 fully saturated rings. The normalized spacial score (nSPS) is 23.4. The van der Waals surface area contributed by atoms with Crippen molar-refractivity contribution in [2.75, 3.05) is 19.1 Å². The van der Waals surface area contributed by atoms with Crippen LogP contribution in [0.25, 0.3) is 11.2 Å². The molecule has 1 saturated heterocycles. The summed E-state index contributed by atoms with van der Waals surface area (Å²) >= 11 is 3.27. The second-order valence-electron chi connectivity index (χ2n) is 7.65. The first-order valence-electron chi connectivity index (χ1n) is 9.45. The third-order valence-corrected chi connectivity index (χ3v) is 6.35. The highest BCUT2D eigenvalue weighted by Gasteiger charge is 2.37. The Bertz CT molecular complexity index is 985. The van der Waals surface area contributed by atoms with Gasteiger partial charge in [0.2, 0.25) is 5.95 Å². The molecule has 3 heterocycles. The highest BCUT2D eigenvalue weighted by Crippen LogP contribution is 2.40. The zero-order chi connectivity index (χ0) is 22.9. The predicted molar refractivity (Wildman–Crippen MR) is 115 cm³/mol. The predicted octanol–water partition coefficient (Wildman–Crippen LogP) is -0.604. The SMILES string of the molecule is CC(C)(CCn1c(N)nc2c(nc(Br)n2C[C@@H](O)C2OP(O)OCC2O)c1=O)OCN. The van der Waals surface area contributed by atoms with Crippen molar-refractivity contribution in [3.05, 3.63) is 15.1 Å². The van der Waals surface area contributed by atoms with Gasteiger partial charge in [-0.05, 0) is 36.2 Å². The minimum Gasteiger partial charge on any atom is -0.388 e. The number of ether oxygens (including phenoxy) is 1. The largest absolute Gasteiger partial charge is 0.388 e. The number of nitrogens with two attached hydrogens (primary N) is 2. The van der Waals surface area contributed by atoms with E-state index in [1.807, 2.05) is 13.8 Å². The second-order valence-corrected chi connectivity index (χ2v) is 9.30. The molecule has 7 N–H and O–H groups in total. The van der Waals surface area contributed by atoms with Crippen molar-refractivity contribution < 1.29 is 28.9 Å². The number of imidazole rings is 1. The maximum atomic E-state index is 13.0. The quantitative estimate of drug-likeness (QED) is 0.168. The second kappa shape index (κ2) is 9.73. The molecule has 1 aliphatic rings. The summed E-state index contributed by atoms with van der Waals surface area (Å²) in [6, 6.07) is 0. The molecule has 0 amide bonds. The topological polar surface area (TPSA) is 193 Å². The van der Waals surface area contributed by atoms with Gasteiger partial charge in [0, 0.05) is 6.54 Å². The Hall–Kier alpha value is -1.22. The molecule has 0 aromatic carbocycles. The van der Waals surface area contributed by atoms with Crippen LogP contribution in [0.5, 0.6) is 0 Å². The third kappa shape index (κ3) is 5.41. The summed E-state index contributed by atoms with van der Waals surface area (Å²) in [5, 5.41) is 20.6. The molecule has 0 radical (unpaired) electrons. The summed E-state index contributed by atoms with van der Waals surface area (Å²) in [5.74, 6) is -0.0228. The number of rotatable bonds is 8. The van der Waals surface area contributed by atoms with Crippen molar-refractivity contribution in [1.82, 2.24) is 19.1 Å². The Balaban J connectivity index is 1.88. The van der Waals surface area contributed by atoms with Gasteiger partial charge in [0.1, 0.15) is 18.3 Å². The number of fused-ring (bicyclic) bond motifs is 1. The van der Waals surface area contributed by atoms with E-state index >= 15 is 0 Å². The van der Waals surface area contributed by atoms with E-state index in [0.717, 1.165) is 0 Å². The molecule has 0 saturated carbocycles. The number of aliphatic hydroxyl groups is 2. The lowest BCUT2D eigenvalue weighted by Gasteiger charge is -2.33. The molecule has 3 rings (SSSR count). The minimum absolute atomic E-state index is 0.0228. The van der Waals surface area contributed by atoms with Crippen LogP contribution in [0.1, 0.15) is 20.3 Å². The smallest absolute Gasteiger partial charge is 0.330 e. The fourth-order valence-electron chi connectivity index (χ4n) is 3.19. The van der Waals surface area contributed by atoms with Crippen LogP contribution in [0.4, 0.5) is 5.95 Å². The Morgan fingerprint density at radius 1 is 1.42 bits per heavy atom. The van der Waals surface area contributed by atoms with Gasteiger partial charge in [0.15, 0.2) is 15.9 Å². The molecule has 4 atom stereocenters. The summed E-state index contributed by atoms with van der Waals surface area (Å²) < 4.78 is 18.4. The average Bonchev–Trinajstić information content (AvgIpc) is 2.99. The third-order valence-electron chi connectivity index (χ3n) is 4.95. The van der Waals surface area contributed by atoms with Gasteiger partial charge in [-0.15, -0.1) is 0 Å². The van der Waals surface area contributed by atoms with Crippen LogP contribution in [-0.4, -0.2) is 71.5 Å². The molecular weight excluding hydrogens is 499 g/mol. The summed E-state index contributed by atoms with van der Waals surface area (Å²) in [4.78, 5) is 31.0. The monoisotopic (exact) mass is 524 g/mol. The standard InChI is InChI=1S/C16H26BrN6O7P/c1-16(2,28-7-18)3-4-22-13(26)10-12(21-15(22)19)23(14(17)20-10)5-8(24)11-9(25)6-29-31(27)30-11/h8-9,11,24-25,27H,3-7,18H2,1-2H3,(H2,19,21)/t8-,9?,11?,31?/m1/s1. The van der Waals surface area contributed by atoms with E-state index in [2.05, 4.69) is 25.9 Å². The first-order chi connectivity index (χ1) is 14.5. The van der Waals surface area contributed by atoms with Crippen LogP contribution in [0.2, 0.25) is 0 Å². The summed E-state index contributed by atoms with van der Waals surface area (Å²) in [6.07, 6.45) is -3.00. The number of anilines is 1. The number of halogens is 1. The maximum absolute atomic E-state index is 13.0. The molecule has 15 heteroatoms. The zero-order valence-electron chi connectivity index (χ0n) is 17.0. The van der Waals surface area contributed by atoms with Gasteiger partial charge in [0.05, 0.1) is 25.5 Å². The van der Waals surface area contributed by atoms with Crippen molar-refractivity contribution >= 4 is 41.6 Å². The first-order valence-corrected chi connectivity index (χ1v) is 11.4. The lowest BCUT2D eigenvalue weighted by Crippen LogP contribution is -2.45. The Morgan fingerprint density at radius 3 is 2.81 bits per heavy atom. The van der Waals surface area contributed by atoms with Crippen LogP contribution >= 0.6 is 24.5 Å². The van der Waals surface area contributed by atoms with Crippen molar-refractivity contribution in [2.45, 2.75) is 57.3 Å². The van der Waals surface area contributed by atoms with Crippen molar-refractivity contribution in [3.63, 3.8) is 0 Å². The first kappa shape index (κ1) is 24.4. The number of aliphatic hydroxyl groups excluding tert-OH is 2. The van der Waals surface area contributed by atoms with Crippen LogP contribution < -0.4 is 17.0 Å². The number of aromatic nitrogens is 4. The van der Waals surface area contributed by atoms with Crippen LogP contribution in [0.3, 0.4) is 0 Å². The minimum atomic E-state index is -2.19. The Kier molecular flexibility index (Phi) is 7.66. The molecule has 2 aromatic rings. The van der Waals surface area contributed by atoms with Gasteiger partial charge >= 0.3 is 8.60 Å². The zero-order valence-corrected chi connectivity index (χ0v) is 19.5. The summed E-state index contributed by atoms with van der Waals surface area (Å²) in [7, 11) is -2.19. The Morgan fingerprint density at radius 2 is 2.13 bits per heavy atom. The van der Waals surface area contributed by atoms with E-state index in [-0.39, 0.29) is 48.3 Å². The molecule has 0 spiro atoms. The van der Waals surface area contributed by atoms with E-state index < -0.39 is 38.1 Å². The number of nitrogen functional groups attached to an aromatic ring is 1. The molecule has 13 nitrogen and oxygen atoms in total. The van der Waals surface area contributed by atoms with Crippen molar-refractivity contribution in [2.24, 2.45) is 5.73 Å². The number of nitrogens with zero attached hydrogens (tertiary/aromatic N) is 4. The van der Waals surface area contributed by atoms with E-state index in [0.29, 0.717) is 6.42 Å². The highest BCUT2D eigenvalue weighted by atomic mass is 79.9. The van der Waals surface area contributed by atoms with Gasteiger partial charge in [-0.2, -0.15) is 4.98 Å². The van der Waals surface area contributed by atoms with E-state index in [1.165, 1.54) is 9.13 Å². The molecule has 1 aliphatic heterocycles. The summed E-state index contributed by atoms with van der Waals surface area (Å²) in [5.41, 5.74) is 10.7. The molecule has 31 heavy (non-hydrogen) atoms. The van der Waals surface area contributed by atoms with E-state index in [1.54, 1.807) is 0 Å². The van der Waals surface area contributed by atoms with Crippen molar-refractivity contribution in [3.8, 4) is 0 Å². The van der Waals surface area contributed by atoms with Crippen LogP contribution in [-0.2, 0) is 26.9 Å². The lowest BCUT2D eigenvalue weighted by atomic mass is 10.1. The number of hydrogen-bond donors (Lipinski definition) is 5. The molecule has 174 valence electrons. The summed E-state index contributed by atoms with van der Waals surface area (Å²) in [6.45, 7) is 3.70. The Labute approximate surface area is 187 Å². The fraction of sp³-hybridized carbons (Fsp3) is 0.688. The van der Waals surface area contributed by atoms with Gasteiger partial charge < -0.3 is 44.9 Å². The molecule has 0 bridgehead atoms. The van der Waals surface area contributed by atoms with Crippen LogP contribution in [0.15, 0.2) is 9.53 Å². The molecular formula is C16H26BrN6O7P.